The molecule has 10 heteroatoms. The molecule has 1 aliphatic rings. The van der Waals surface area contributed by atoms with Crippen molar-refractivity contribution in [3.8, 4) is 0 Å². The number of carbonyl (C=O) groups is 1. The fourth-order valence-electron chi connectivity index (χ4n) is 4.36. The first-order chi connectivity index (χ1) is 15.9. The van der Waals surface area contributed by atoms with E-state index in [1.807, 2.05) is 31.2 Å². The van der Waals surface area contributed by atoms with E-state index >= 15 is 0 Å². The zero-order chi connectivity index (χ0) is 23.3. The van der Waals surface area contributed by atoms with E-state index in [9.17, 15) is 9.59 Å². The number of anilines is 1. The van der Waals surface area contributed by atoms with Crippen LogP contribution < -0.4 is 11.4 Å². The molecule has 3 aromatic heterocycles. The first-order valence-corrected chi connectivity index (χ1v) is 11.6. The summed E-state index contributed by atoms with van der Waals surface area (Å²) in [5.41, 5.74) is 8.13. The topological polar surface area (TPSA) is 120 Å². The molecule has 0 aliphatic carbocycles. The lowest BCUT2D eigenvalue weighted by molar-refractivity contribution is -0.128. The molecule has 5 rings (SSSR count). The highest BCUT2D eigenvalue weighted by molar-refractivity contribution is 14.1. The molecule has 0 spiro atoms. The molecule has 1 unspecified atom stereocenters. The number of rotatable bonds is 3. The number of nitrogen functional groups attached to an aromatic ring is 1. The number of hydrogen-bond acceptors (Lipinski definition) is 7. The van der Waals surface area contributed by atoms with Crippen LogP contribution in [-0.4, -0.2) is 43.6 Å². The van der Waals surface area contributed by atoms with Gasteiger partial charge in [-0.15, -0.1) is 0 Å². The summed E-state index contributed by atoms with van der Waals surface area (Å²) >= 11 is 2.11. The summed E-state index contributed by atoms with van der Waals surface area (Å²) in [7, 11) is 0. The number of carbonyl (C=O) groups excluding carboxylic acids is 1. The third-order valence-corrected chi connectivity index (χ3v) is 6.82. The van der Waals surface area contributed by atoms with Gasteiger partial charge in [0.25, 0.3) is 0 Å². The van der Waals surface area contributed by atoms with Crippen molar-refractivity contribution >= 4 is 61.7 Å². The van der Waals surface area contributed by atoms with Crippen LogP contribution in [0.25, 0.3) is 27.4 Å². The largest absolute Gasteiger partial charge is 0.424 e. The van der Waals surface area contributed by atoms with Crippen molar-refractivity contribution in [3.05, 3.63) is 62.1 Å². The van der Waals surface area contributed by atoms with Crippen molar-refractivity contribution in [1.29, 1.82) is 0 Å². The van der Waals surface area contributed by atoms with Crippen molar-refractivity contribution in [2.45, 2.75) is 26.3 Å². The molecule has 168 valence electrons. The van der Waals surface area contributed by atoms with Crippen LogP contribution in [0.2, 0.25) is 0 Å². The van der Waals surface area contributed by atoms with Gasteiger partial charge in [0, 0.05) is 25.6 Å². The first kappa shape index (κ1) is 21.6. The smallest absolute Gasteiger partial charge is 0.343 e. The lowest BCUT2D eigenvalue weighted by Crippen LogP contribution is -2.32. The molecule has 1 amide bonds. The van der Waals surface area contributed by atoms with E-state index in [0.29, 0.717) is 51.2 Å². The average molecular weight is 556 g/mol. The number of hydrogen-bond donors (Lipinski definition) is 1. The Hall–Kier alpha value is -3.28. The van der Waals surface area contributed by atoms with Gasteiger partial charge in [0.1, 0.15) is 27.6 Å². The highest BCUT2D eigenvalue weighted by Gasteiger charge is 2.27. The van der Waals surface area contributed by atoms with Crippen LogP contribution in [0.3, 0.4) is 0 Å². The molecule has 0 saturated heterocycles. The monoisotopic (exact) mass is 556 g/mol. The molecule has 33 heavy (non-hydrogen) atoms. The van der Waals surface area contributed by atoms with Crippen molar-refractivity contribution in [3.63, 3.8) is 0 Å². The van der Waals surface area contributed by atoms with Crippen LogP contribution in [0.4, 0.5) is 5.82 Å². The van der Waals surface area contributed by atoms with E-state index in [2.05, 4.69) is 37.7 Å². The molecular weight excluding hydrogens is 535 g/mol. The fourth-order valence-corrected chi connectivity index (χ4v) is 5.11. The summed E-state index contributed by atoms with van der Waals surface area (Å²) in [6.07, 6.45) is 4.09. The number of fused-ring (bicyclic) bond motifs is 2. The van der Waals surface area contributed by atoms with E-state index in [1.165, 1.54) is 6.33 Å². The van der Waals surface area contributed by atoms with Crippen LogP contribution in [-0.2, 0) is 4.79 Å². The zero-order valence-electron chi connectivity index (χ0n) is 18.1. The zero-order valence-corrected chi connectivity index (χ0v) is 20.2. The fraction of sp³-hybridized carbons (Fsp3) is 0.261. The number of amides is 1. The van der Waals surface area contributed by atoms with Gasteiger partial charge in [0.15, 0.2) is 5.65 Å². The molecule has 2 N–H and O–H groups in total. The maximum absolute atomic E-state index is 12.9. The number of nitrogens with two attached hydrogens (primary N) is 1. The molecule has 0 fully saturated rings. The molecule has 1 aromatic carbocycles. The minimum absolute atomic E-state index is 0.0400. The predicted molar refractivity (Wildman–Crippen MR) is 134 cm³/mol. The second-order valence-electron chi connectivity index (χ2n) is 7.99. The van der Waals surface area contributed by atoms with Crippen molar-refractivity contribution < 1.29 is 9.21 Å². The summed E-state index contributed by atoms with van der Waals surface area (Å²) in [5, 5.41) is 6.65. The Kier molecular flexibility index (Phi) is 5.39. The third kappa shape index (κ3) is 3.58. The Balaban J connectivity index is 1.74. The minimum Gasteiger partial charge on any atom is -0.424 e. The Morgan fingerprint density at radius 2 is 2.00 bits per heavy atom. The summed E-state index contributed by atoms with van der Waals surface area (Å²) in [6, 6.07) is 6.99. The summed E-state index contributed by atoms with van der Waals surface area (Å²) in [6.45, 7) is 4.61. The Morgan fingerprint density at radius 3 is 2.70 bits per heavy atom. The van der Waals surface area contributed by atoms with Gasteiger partial charge in [0.2, 0.25) is 5.91 Å². The van der Waals surface area contributed by atoms with Gasteiger partial charge in [-0.3, -0.25) is 4.79 Å². The minimum atomic E-state index is -0.440. The Bertz CT molecular complexity index is 1510. The number of aromatic nitrogens is 4. The summed E-state index contributed by atoms with van der Waals surface area (Å²) in [5.74, 6) is 0.889. The number of benzene rings is 1. The van der Waals surface area contributed by atoms with E-state index in [0.717, 1.165) is 16.5 Å². The van der Waals surface area contributed by atoms with Crippen molar-refractivity contribution in [2.24, 2.45) is 0 Å². The third-order valence-electron chi connectivity index (χ3n) is 6.06. The normalized spacial score (nSPS) is 15.1. The highest BCUT2D eigenvalue weighted by atomic mass is 127. The molecule has 1 aliphatic heterocycles. The number of nitrogens with zero attached hydrogens (tertiary/aromatic N) is 5. The maximum atomic E-state index is 12.9. The van der Waals surface area contributed by atoms with Crippen LogP contribution in [0.1, 0.15) is 37.6 Å². The van der Waals surface area contributed by atoms with Gasteiger partial charge in [-0.05, 0) is 53.0 Å². The van der Waals surface area contributed by atoms with E-state index in [-0.39, 0.29) is 5.91 Å². The van der Waals surface area contributed by atoms with Gasteiger partial charge in [-0.1, -0.05) is 24.3 Å². The molecule has 0 bridgehead atoms. The highest BCUT2D eigenvalue weighted by Crippen LogP contribution is 2.36. The van der Waals surface area contributed by atoms with E-state index < -0.39 is 11.7 Å². The molecular formula is C23H21IN6O3. The predicted octanol–water partition coefficient (Wildman–Crippen LogP) is 3.36. The molecule has 1 atom stereocenters. The second-order valence-corrected chi connectivity index (χ2v) is 9.01. The van der Waals surface area contributed by atoms with Gasteiger partial charge >= 0.3 is 5.63 Å². The van der Waals surface area contributed by atoms with Gasteiger partial charge in [0.05, 0.1) is 10.8 Å². The quantitative estimate of drug-likeness (QED) is 0.385. The molecule has 4 heterocycles. The Morgan fingerprint density at radius 1 is 1.24 bits per heavy atom. The maximum Gasteiger partial charge on any atom is 0.343 e. The van der Waals surface area contributed by atoms with Gasteiger partial charge < -0.3 is 15.1 Å². The van der Waals surface area contributed by atoms with E-state index in [4.69, 9.17) is 10.2 Å². The SMILES string of the molecule is CC(=O)N1CC=C(c2c(C(C)n3nc(I)c4c(N)ncnc43)oc(=O)c3ccccc23)CC1. The van der Waals surface area contributed by atoms with Crippen molar-refractivity contribution in [2.75, 3.05) is 18.8 Å². The lowest BCUT2D eigenvalue weighted by atomic mass is 9.92. The van der Waals surface area contributed by atoms with Crippen molar-refractivity contribution in [1.82, 2.24) is 24.6 Å². The Labute approximate surface area is 202 Å². The van der Waals surface area contributed by atoms with Crippen LogP contribution in [0, 0.1) is 3.70 Å². The lowest BCUT2D eigenvalue weighted by Gasteiger charge is -2.27. The van der Waals surface area contributed by atoms with Crippen LogP contribution in [0.5, 0.6) is 0 Å². The van der Waals surface area contributed by atoms with Gasteiger partial charge in [-0.2, -0.15) is 5.10 Å². The molecule has 9 nitrogen and oxygen atoms in total. The average Bonchev–Trinajstić information content (AvgIpc) is 3.16. The second kappa shape index (κ2) is 8.25. The molecule has 4 aromatic rings. The standard InChI is InChI=1S/C23H21IN6O3/c1-12(30-22-18(20(24)28-30)21(25)26-11-27-22)19-17(14-7-9-29(10-8-14)13(2)31)15-5-3-4-6-16(15)23(32)33-19/h3-7,11-12H,8-10H2,1-2H3,(H2,25,26,27). The molecule has 0 saturated carbocycles. The van der Waals surface area contributed by atoms with Gasteiger partial charge in [-0.25, -0.2) is 19.4 Å². The number of halogens is 1. The summed E-state index contributed by atoms with van der Waals surface area (Å²) in [4.78, 5) is 35.0. The van der Waals surface area contributed by atoms with Crippen LogP contribution in [0.15, 0.2) is 45.9 Å². The van der Waals surface area contributed by atoms with Crippen LogP contribution >= 0.6 is 22.6 Å². The van der Waals surface area contributed by atoms with E-state index in [1.54, 1.807) is 22.6 Å². The molecule has 0 radical (unpaired) electrons. The first-order valence-electron chi connectivity index (χ1n) is 10.5. The summed E-state index contributed by atoms with van der Waals surface area (Å²) < 4.78 is 8.33.